The highest BCUT2D eigenvalue weighted by molar-refractivity contribution is 5.95. The molecule has 6 heteroatoms. The third-order valence-electron chi connectivity index (χ3n) is 4.54. The van der Waals surface area contributed by atoms with Crippen LogP contribution in [0.25, 0.3) is 5.82 Å². The Morgan fingerprint density at radius 1 is 1.18 bits per heavy atom. The summed E-state index contributed by atoms with van der Waals surface area (Å²) in [6.07, 6.45) is 7.78. The smallest absolute Gasteiger partial charge is 0.254 e. The molecule has 114 valence electrons. The van der Waals surface area contributed by atoms with Gasteiger partial charge in [-0.25, -0.2) is 9.67 Å². The van der Waals surface area contributed by atoms with Gasteiger partial charge < -0.3 is 4.90 Å². The predicted molar refractivity (Wildman–Crippen MR) is 81.9 cm³/mol. The number of rotatable bonds is 3. The van der Waals surface area contributed by atoms with Crippen molar-refractivity contribution in [2.75, 3.05) is 26.2 Å². The van der Waals surface area contributed by atoms with Gasteiger partial charge in [0.1, 0.15) is 0 Å². The largest absolute Gasteiger partial charge is 0.335 e. The molecule has 0 unspecified atom stereocenters. The fourth-order valence-electron chi connectivity index (χ4n) is 3.22. The molecule has 2 fully saturated rings. The Labute approximate surface area is 129 Å². The van der Waals surface area contributed by atoms with Crippen LogP contribution in [0.4, 0.5) is 0 Å². The molecular formula is C16H19N5O. The Hall–Kier alpha value is -2.21. The first-order chi connectivity index (χ1) is 10.8. The maximum absolute atomic E-state index is 12.6. The summed E-state index contributed by atoms with van der Waals surface area (Å²) in [6.45, 7) is 4.06. The summed E-state index contributed by atoms with van der Waals surface area (Å²) in [6, 6.07) is 5.97. The van der Waals surface area contributed by atoms with Crippen LogP contribution in [0, 0.1) is 0 Å². The highest BCUT2D eigenvalue weighted by Crippen LogP contribution is 2.22. The van der Waals surface area contributed by atoms with E-state index in [-0.39, 0.29) is 5.91 Å². The van der Waals surface area contributed by atoms with Crippen LogP contribution >= 0.6 is 0 Å². The number of nitrogens with zero attached hydrogens (tertiary/aromatic N) is 5. The van der Waals surface area contributed by atoms with Crippen molar-refractivity contribution in [3.63, 3.8) is 0 Å². The Bertz CT molecular complexity index is 657. The number of likely N-dealkylation sites (tertiary alicyclic amines) is 2. The van der Waals surface area contributed by atoms with Crippen LogP contribution < -0.4 is 0 Å². The lowest BCUT2D eigenvalue weighted by molar-refractivity contribution is 0.0334. The standard InChI is InChI=1S/C16H19N5O/c22-16(20-11-14(12-20)19-7-1-2-8-19)13-4-6-17-15(10-13)21-9-3-5-18-21/h3-6,9-10,14H,1-2,7-8,11-12H2. The fraction of sp³-hybridized carbons (Fsp3) is 0.438. The maximum atomic E-state index is 12.6. The van der Waals surface area contributed by atoms with Gasteiger partial charge in [0, 0.05) is 43.3 Å². The van der Waals surface area contributed by atoms with Gasteiger partial charge in [-0.2, -0.15) is 5.10 Å². The van der Waals surface area contributed by atoms with Crippen LogP contribution in [0.15, 0.2) is 36.8 Å². The third kappa shape index (κ3) is 2.39. The molecule has 2 aromatic rings. The average molecular weight is 297 g/mol. The van der Waals surface area contributed by atoms with Crippen molar-refractivity contribution in [1.29, 1.82) is 0 Å². The minimum Gasteiger partial charge on any atom is -0.335 e. The topological polar surface area (TPSA) is 54.3 Å². The van der Waals surface area contributed by atoms with Crippen molar-refractivity contribution < 1.29 is 4.79 Å². The second-order valence-electron chi connectivity index (χ2n) is 5.96. The summed E-state index contributed by atoms with van der Waals surface area (Å²) in [5.41, 5.74) is 0.681. The minimum atomic E-state index is 0.0891. The lowest BCUT2D eigenvalue weighted by Crippen LogP contribution is -2.60. The molecule has 2 aliphatic heterocycles. The second kappa shape index (κ2) is 5.53. The number of carbonyl (C=O) groups excluding carboxylic acids is 1. The first-order valence-corrected chi connectivity index (χ1v) is 7.81. The van der Waals surface area contributed by atoms with Crippen molar-refractivity contribution in [3.05, 3.63) is 42.4 Å². The molecule has 0 saturated carbocycles. The van der Waals surface area contributed by atoms with E-state index in [0.29, 0.717) is 17.4 Å². The summed E-state index contributed by atoms with van der Waals surface area (Å²) in [5, 5.41) is 4.15. The van der Waals surface area contributed by atoms with Crippen molar-refractivity contribution in [2.45, 2.75) is 18.9 Å². The van der Waals surface area contributed by atoms with E-state index >= 15 is 0 Å². The molecular weight excluding hydrogens is 278 g/mol. The van der Waals surface area contributed by atoms with Gasteiger partial charge in [-0.05, 0) is 44.1 Å². The number of hydrogen-bond acceptors (Lipinski definition) is 4. The molecule has 1 amide bonds. The van der Waals surface area contributed by atoms with Gasteiger partial charge in [0.15, 0.2) is 5.82 Å². The van der Waals surface area contributed by atoms with E-state index in [9.17, 15) is 4.79 Å². The zero-order valence-corrected chi connectivity index (χ0v) is 12.4. The Morgan fingerprint density at radius 2 is 2.00 bits per heavy atom. The quantitative estimate of drug-likeness (QED) is 0.854. The van der Waals surface area contributed by atoms with E-state index in [2.05, 4.69) is 15.0 Å². The summed E-state index contributed by atoms with van der Waals surface area (Å²) >= 11 is 0. The normalized spacial score (nSPS) is 19.4. The summed E-state index contributed by atoms with van der Waals surface area (Å²) in [4.78, 5) is 21.3. The van der Waals surface area contributed by atoms with Crippen LogP contribution in [0.1, 0.15) is 23.2 Å². The number of aromatic nitrogens is 3. The number of hydrogen-bond donors (Lipinski definition) is 0. The van der Waals surface area contributed by atoms with Crippen LogP contribution in [-0.4, -0.2) is 62.7 Å². The molecule has 0 radical (unpaired) electrons. The molecule has 0 atom stereocenters. The molecule has 22 heavy (non-hydrogen) atoms. The Kier molecular flexibility index (Phi) is 3.38. The van der Waals surface area contributed by atoms with E-state index in [0.717, 1.165) is 13.1 Å². The third-order valence-corrected chi connectivity index (χ3v) is 4.54. The molecule has 0 spiro atoms. The molecule has 6 nitrogen and oxygen atoms in total. The van der Waals surface area contributed by atoms with Crippen molar-refractivity contribution in [2.24, 2.45) is 0 Å². The number of amides is 1. The van der Waals surface area contributed by atoms with Crippen LogP contribution in [0.2, 0.25) is 0 Å². The van der Waals surface area contributed by atoms with Crippen molar-refractivity contribution >= 4 is 5.91 Å². The van der Waals surface area contributed by atoms with Gasteiger partial charge >= 0.3 is 0 Å². The zero-order chi connectivity index (χ0) is 14.9. The molecule has 0 aromatic carbocycles. The van der Waals surface area contributed by atoms with Gasteiger partial charge in [-0.15, -0.1) is 0 Å². The molecule has 2 saturated heterocycles. The van der Waals surface area contributed by atoms with E-state index < -0.39 is 0 Å². The van der Waals surface area contributed by atoms with Gasteiger partial charge in [0.25, 0.3) is 5.91 Å². The highest BCUT2D eigenvalue weighted by Gasteiger charge is 2.36. The summed E-state index contributed by atoms with van der Waals surface area (Å²) < 4.78 is 1.67. The molecule has 0 aliphatic carbocycles. The molecule has 2 aliphatic rings. The first-order valence-electron chi connectivity index (χ1n) is 7.81. The van der Waals surface area contributed by atoms with Crippen LogP contribution in [0.5, 0.6) is 0 Å². The molecule has 0 N–H and O–H groups in total. The molecule has 0 bridgehead atoms. The van der Waals surface area contributed by atoms with Crippen molar-refractivity contribution in [3.8, 4) is 5.82 Å². The minimum absolute atomic E-state index is 0.0891. The fourth-order valence-corrected chi connectivity index (χ4v) is 3.22. The van der Waals surface area contributed by atoms with E-state index in [1.165, 1.54) is 25.9 Å². The number of carbonyl (C=O) groups is 1. The van der Waals surface area contributed by atoms with Crippen LogP contribution in [0.3, 0.4) is 0 Å². The average Bonchev–Trinajstić information content (AvgIpc) is 3.19. The monoisotopic (exact) mass is 297 g/mol. The van der Waals surface area contributed by atoms with Crippen molar-refractivity contribution in [1.82, 2.24) is 24.6 Å². The van der Waals surface area contributed by atoms with E-state index in [1.807, 2.05) is 17.2 Å². The Balaban J connectivity index is 1.44. The van der Waals surface area contributed by atoms with Gasteiger partial charge in [-0.1, -0.05) is 0 Å². The van der Waals surface area contributed by atoms with Gasteiger partial charge in [0.2, 0.25) is 0 Å². The maximum Gasteiger partial charge on any atom is 0.254 e. The molecule has 4 heterocycles. The number of pyridine rings is 1. The zero-order valence-electron chi connectivity index (χ0n) is 12.4. The summed E-state index contributed by atoms with van der Waals surface area (Å²) in [7, 11) is 0. The predicted octanol–water partition coefficient (Wildman–Crippen LogP) is 1.19. The lowest BCUT2D eigenvalue weighted by Gasteiger charge is -2.44. The van der Waals surface area contributed by atoms with E-state index in [4.69, 9.17) is 0 Å². The lowest BCUT2D eigenvalue weighted by atomic mass is 10.1. The Morgan fingerprint density at radius 3 is 2.73 bits per heavy atom. The summed E-state index contributed by atoms with van der Waals surface area (Å²) in [5.74, 6) is 0.763. The molecule has 4 rings (SSSR count). The highest BCUT2D eigenvalue weighted by atomic mass is 16.2. The van der Waals surface area contributed by atoms with E-state index in [1.54, 1.807) is 29.2 Å². The first kappa shape index (κ1) is 13.5. The molecule has 2 aromatic heterocycles. The second-order valence-corrected chi connectivity index (χ2v) is 5.96. The van der Waals surface area contributed by atoms with Crippen LogP contribution in [-0.2, 0) is 0 Å². The van der Waals surface area contributed by atoms with Gasteiger partial charge in [0.05, 0.1) is 0 Å². The van der Waals surface area contributed by atoms with Gasteiger partial charge in [-0.3, -0.25) is 9.69 Å². The SMILES string of the molecule is O=C(c1ccnc(-n2cccn2)c1)N1CC(N2CCCC2)C1.